The lowest BCUT2D eigenvalue weighted by Crippen LogP contribution is -2.43. The van der Waals surface area contributed by atoms with Crippen LogP contribution in [0.2, 0.25) is 0 Å². The van der Waals surface area contributed by atoms with Crippen LogP contribution in [0.1, 0.15) is 38.4 Å². The molecule has 2 saturated heterocycles. The summed E-state index contributed by atoms with van der Waals surface area (Å²) in [5.74, 6) is 1.38. The zero-order valence-corrected chi connectivity index (χ0v) is 19.5. The number of morpholine rings is 1. The smallest absolute Gasteiger partial charge is 0.296 e. The fraction of sp³-hybridized carbons (Fsp3) is 0.542. The summed E-state index contributed by atoms with van der Waals surface area (Å²) in [6.07, 6.45) is 0.404. The van der Waals surface area contributed by atoms with E-state index in [1.165, 1.54) is 4.57 Å². The highest BCUT2D eigenvalue weighted by molar-refractivity contribution is 5.78. The molecule has 0 amide bonds. The maximum atomic E-state index is 14.0. The quantitative estimate of drug-likeness (QED) is 0.565. The van der Waals surface area contributed by atoms with Gasteiger partial charge in [0.2, 0.25) is 5.95 Å². The van der Waals surface area contributed by atoms with Crippen molar-refractivity contribution in [2.24, 2.45) is 0 Å². The van der Waals surface area contributed by atoms with Crippen LogP contribution in [0, 0.1) is 0 Å². The first kappa shape index (κ1) is 22.9. The number of alkyl halides is 2. The zero-order valence-electron chi connectivity index (χ0n) is 19.5. The first-order chi connectivity index (χ1) is 16.6. The van der Waals surface area contributed by atoms with Gasteiger partial charge < -0.3 is 19.9 Å². The van der Waals surface area contributed by atoms with Gasteiger partial charge in [-0.2, -0.15) is 9.97 Å². The Morgan fingerprint density at radius 2 is 1.68 bits per heavy atom. The number of piperidine rings is 1. The van der Waals surface area contributed by atoms with Crippen molar-refractivity contribution in [2.45, 2.75) is 38.7 Å². The molecule has 2 aromatic heterocycles. The predicted molar refractivity (Wildman–Crippen MR) is 128 cm³/mol. The summed E-state index contributed by atoms with van der Waals surface area (Å²) in [4.78, 5) is 18.1. The molecule has 1 aromatic carbocycles. The van der Waals surface area contributed by atoms with Gasteiger partial charge in [0.25, 0.3) is 6.43 Å². The number of nitrogens with zero attached hydrogens (tertiary/aromatic N) is 6. The lowest BCUT2D eigenvalue weighted by atomic mass is 10.0. The third kappa shape index (κ3) is 4.69. The normalized spacial score (nSPS) is 17.8. The number of nitrogens with one attached hydrogen (secondary N) is 1. The molecule has 182 valence electrons. The Balaban J connectivity index is 1.54. The number of para-hydroxylation sites is 2. The van der Waals surface area contributed by atoms with Gasteiger partial charge in [-0.1, -0.05) is 19.1 Å². The van der Waals surface area contributed by atoms with E-state index < -0.39 is 6.43 Å². The molecule has 2 aliphatic heterocycles. The topological polar surface area (TPSA) is 71.3 Å². The number of rotatable bonds is 7. The molecule has 0 radical (unpaired) electrons. The molecular weight excluding hydrogens is 440 g/mol. The van der Waals surface area contributed by atoms with E-state index in [0.29, 0.717) is 43.4 Å². The van der Waals surface area contributed by atoms with Gasteiger partial charge in [0.15, 0.2) is 5.82 Å². The molecular formula is C24H31F2N7O. The maximum absolute atomic E-state index is 14.0. The van der Waals surface area contributed by atoms with Gasteiger partial charge in [0, 0.05) is 38.3 Å². The fourth-order valence-electron chi connectivity index (χ4n) is 4.69. The number of halogens is 2. The fourth-order valence-corrected chi connectivity index (χ4v) is 4.69. The number of benzene rings is 1. The van der Waals surface area contributed by atoms with E-state index in [2.05, 4.69) is 27.0 Å². The van der Waals surface area contributed by atoms with Gasteiger partial charge in [0.1, 0.15) is 11.6 Å². The lowest BCUT2D eigenvalue weighted by molar-refractivity contribution is 0.122. The lowest BCUT2D eigenvalue weighted by Gasteiger charge is -2.34. The monoisotopic (exact) mass is 471 g/mol. The van der Waals surface area contributed by atoms with Gasteiger partial charge in [0.05, 0.1) is 24.2 Å². The van der Waals surface area contributed by atoms with Crippen LogP contribution in [0.5, 0.6) is 0 Å². The number of imidazole rings is 1. The van der Waals surface area contributed by atoms with Crippen molar-refractivity contribution < 1.29 is 13.5 Å². The highest BCUT2D eigenvalue weighted by Crippen LogP contribution is 2.30. The summed E-state index contributed by atoms with van der Waals surface area (Å²) in [6, 6.07) is 9.61. The summed E-state index contributed by atoms with van der Waals surface area (Å²) in [6.45, 7) is 7.52. The van der Waals surface area contributed by atoms with E-state index in [0.717, 1.165) is 50.5 Å². The van der Waals surface area contributed by atoms with Crippen molar-refractivity contribution in [1.82, 2.24) is 24.8 Å². The van der Waals surface area contributed by atoms with Gasteiger partial charge in [-0.05, 0) is 37.9 Å². The Bertz CT molecular complexity index is 1110. The van der Waals surface area contributed by atoms with Crippen molar-refractivity contribution >= 4 is 22.7 Å². The van der Waals surface area contributed by atoms with Crippen molar-refractivity contribution in [2.75, 3.05) is 55.7 Å². The SMILES string of the molecule is CCCNC1CCN(c2cc(N3CCOCC3)nc(-n3c(C(F)F)nc4ccccc43)n2)CC1. The standard InChI is InChI=1S/C24H31F2N7O/c1-2-9-27-17-7-10-31(11-8-17)20-16-21(32-12-14-34-15-13-32)30-24(29-20)33-19-6-4-3-5-18(19)28-23(33)22(25)26/h3-6,16-17,22,27H,2,7-15H2,1H3. The van der Waals surface area contributed by atoms with Crippen LogP contribution in [0.3, 0.4) is 0 Å². The first-order valence-electron chi connectivity index (χ1n) is 12.1. The highest BCUT2D eigenvalue weighted by atomic mass is 19.3. The Kier molecular flexibility index (Phi) is 6.87. The second kappa shape index (κ2) is 10.2. The molecule has 0 spiro atoms. The van der Waals surface area contributed by atoms with Crippen molar-refractivity contribution in [1.29, 1.82) is 0 Å². The average Bonchev–Trinajstić information content (AvgIpc) is 3.28. The third-order valence-corrected chi connectivity index (χ3v) is 6.51. The zero-order chi connectivity index (χ0) is 23.5. The van der Waals surface area contributed by atoms with E-state index in [1.54, 1.807) is 18.2 Å². The Labute approximate surface area is 197 Å². The van der Waals surface area contributed by atoms with Gasteiger partial charge in [-0.3, -0.25) is 4.57 Å². The minimum absolute atomic E-state index is 0.231. The summed E-state index contributed by atoms with van der Waals surface area (Å²) >= 11 is 0. The second-order valence-electron chi connectivity index (χ2n) is 8.79. The summed E-state index contributed by atoms with van der Waals surface area (Å²) < 4.78 is 35.0. The second-order valence-corrected chi connectivity index (χ2v) is 8.79. The Hall–Kier alpha value is -2.85. The third-order valence-electron chi connectivity index (χ3n) is 6.51. The van der Waals surface area contributed by atoms with E-state index in [1.807, 2.05) is 12.1 Å². The average molecular weight is 472 g/mol. The number of anilines is 2. The minimum atomic E-state index is -2.74. The van der Waals surface area contributed by atoms with Crippen LogP contribution in [-0.2, 0) is 4.74 Å². The molecule has 4 heterocycles. The molecule has 0 atom stereocenters. The molecule has 0 aliphatic carbocycles. The van der Waals surface area contributed by atoms with E-state index in [9.17, 15) is 8.78 Å². The van der Waals surface area contributed by atoms with E-state index in [-0.39, 0.29) is 11.8 Å². The Morgan fingerprint density at radius 1 is 1.00 bits per heavy atom. The van der Waals surface area contributed by atoms with Gasteiger partial charge >= 0.3 is 0 Å². The van der Waals surface area contributed by atoms with Crippen LogP contribution >= 0.6 is 0 Å². The molecule has 5 rings (SSSR count). The van der Waals surface area contributed by atoms with E-state index in [4.69, 9.17) is 14.7 Å². The predicted octanol–water partition coefficient (Wildman–Crippen LogP) is 3.56. The number of ether oxygens (including phenoxy) is 1. The van der Waals surface area contributed by atoms with Gasteiger partial charge in [-0.25, -0.2) is 13.8 Å². The largest absolute Gasteiger partial charge is 0.378 e. The summed E-state index contributed by atoms with van der Waals surface area (Å²) in [5.41, 5.74) is 1.08. The van der Waals surface area contributed by atoms with Crippen LogP contribution in [0.25, 0.3) is 17.0 Å². The highest BCUT2D eigenvalue weighted by Gasteiger charge is 2.26. The molecule has 34 heavy (non-hydrogen) atoms. The molecule has 2 fully saturated rings. The van der Waals surface area contributed by atoms with Crippen LogP contribution in [0.4, 0.5) is 20.4 Å². The molecule has 10 heteroatoms. The maximum Gasteiger partial charge on any atom is 0.296 e. The summed E-state index contributed by atoms with van der Waals surface area (Å²) in [7, 11) is 0. The molecule has 0 unspecified atom stereocenters. The number of fused-ring (bicyclic) bond motifs is 1. The number of aromatic nitrogens is 4. The van der Waals surface area contributed by atoms with Crippen LogP contribution < -0.4 is 15.1 Å². The molecule has 1 N–H and O–H groups in total. The molecule has 2 aliphatic rings. The van der Waals surface area contributed by atoms with Crippen molar-refractivity contribution in [3.8, 4) is 5.95 Å². The summed E-state index contributed by atoms with van der Waals surface area (Å²) in [5, 5.41) is 3.60. The van der Waals surface area contributed by atoms with Crippen molar-refractivity contribution in [3.63, 3.8) is 0 Å². The van der Waals surface area contributed by atoms with Gasteiger partial charge in [-0.15, -0.1) is 0 Å². The van der Waals surface area contributed by atoms with E-state index >= 15 is 0 Å². The minimum Gasteiger partial charge on any atom is -0.378 e. The number of hydrogen-bond acceptors (Lipinski definition) is 7. The van der Waals surface area contributed by atoms with Crippen LogP contribution in [0.15, 0.2) is 30.3 Å². The molecule has 8 nitrogen and oxygen atoms in total. The number of hydrogen-bond donors (Lipinski definition) is 1. The van der Waals surface area contributed by atoms with Crippen molar-refractivity contribution in [3.05, 3.63) is 36.2 Å². The van der Waals surface area contributed by atoms with Crippen LogP contribution in [-0.4, -0.2) is 71.5 Å². The molecule has 0 saturated carbocycles. The molecule has 0 bridgehead atoms. The Morgan fingerprint density at radius 3 is 2.35 bits per heavy atom. The molecule has 3 aromatic rings. The first-order valence-corrected chi connectivity index (χ1v) is 12.1.